The zero-order valence-corrected chi connectivity index (χ0v) is 18.8. The van der Waals surface area contributed by atoms with Gasteiger partial charge < -0.3 is 25.7 Å². The van der Waals surface area contributed by atoms with Crippen molar-refractivity contribution in [2.75, 3.05) is 11.5 Å². The van der Waals surface area contributed by atoms with Crippen molar-refractivity contribution in [3.8, 4) is 11.5 Å². The number of phenolic OH excluding ortho intramolecular Hbond substituents is 1. The fourth-order valence-electron chi connectivity index (χ4n) is 3.89. The van der Waals surface area contributed by atoms with E-state index in [-0.39, 0.29) is 17.3 Å². The van der Waals surface area contributed by atoms with Gasteiger partial charge in [-0.05, 0) is 42.8 Å². The van der Waals surface area contributed by atoms with Crippen LogP contribution in [0.4, 0.5) is 11.4 Å². The number of ether oxygens (including phenoxy) is 1. The van der Waals surface area contributed by atoms with E-state index in [4.69, 9.17) is 20.6 Å². The topological polar surface area (TPSA) is 129 Å². The Labute approximate surface area is 196 Å². The Morgan fingerprint density at radius 2 is 1.65 bits per heavy atom. The molecule has 0 amide bonds. The largest absolute Gasteiger partial charge is 0.504 e. The van der Waals surface area contributed by atoms with Gasteiger partial charge in [-0.1, -0.05) is 38.0 Å². The molecule has 5 N–H and O–H groups in total. The van der Waals surface area contributed by atoms with E-state index in [2.05, 4.69) is 6.92 Å². The lowest BCUT2D eigenvalue weighted by Crippen LogP contribution is -2.08. The summed E-state index contributed by atoms with van der Waals surface area (Å²) < 4.78 is 11.4. The minimum atomic E-state index is -0.614. The number of anilines is 2. The maximum absolute atomic E-state index is 13.5. The highest BCUT2D eigenvalue weighted by atomic mass is 16.5. The third-order valence-electron chi connectivity index (χ3n) is 5.53. The van der Waals surface area contributed by atoms with Crippen molar-refractivity contribution >= 4 is 34.1 Å². The number of carbonyl (C=O) groups excluding carboxylic acids is 2. The van der Waals surface area contributed by atoms with Gasteiger partial charge >= 0.3 is 5.97 Å². The maximum Gasteiger partial charge on any atom is 0.343 e. The first kappa shape index (κ1) is 22.9. The van der Waals surface area contributed by atoms with Gasteiger partial charge in [-0.3, -0.25) is 4.79 Å². The Balaban J connectivity index is 1.77. The minimum absolute atomic E-state index is 0.0533. The number of unbranched alkanes of at least 4 members (excludes halogenated alkanes) is 2. The smallest absolute Gasteiger partial charge is 0.343 e. The van der Waals surface area contributed by atoms with Gasteiger partial charge in [0.2, 0.25) is 0 Å². The first-order chi connectivity index (χ1) is 16.4. The number of fused-ring (bicyclic) bond motifs is 1. The predicted octanol–water partition coefficient (Wildman–Crippen LogP) is 5.49. The van der Waals surface area contributed by atoms with E-state index in [9.17, 15) is 14.7 Å². The van der Waals surface area contributed by atoms with Gasteiger partial charge in [0.25, 0.3) is 0 Å². The third kappa shape index (κ3) is 4.73. The van der Waals surface area contributed by atoms with Crippen molar-refractivity contribution in [3.05, 3.63) is 83.1 Å². The Kier molecular flexibility index (Phi) is 6.54. The number of nitrogens with two attached hydrogens (primary N) is 2. The summed E-state index contributed by atoms with van der Waals surface area (Å²) in [7, 11) is 0. The molecule has 4 aromatic rings. The first-order valence-electron chi connectivity index (χ1n) is 11.1. The summed E-state index contributed by atoms with van der Waals surface area (Å²) >= 11 is 0. The predicted molar refractivity (Wildman–Crippen MR) is 131 cm³/mol. The molecule has 0 spiro atoms. The van der Waals surface area contributed by atoms with Crippen molar-refractivity contribution < 1.29 is 23.8 Å². The van der Waals surface area contributed by atoms with Crippen LogP contribution in [0, 0.1) is 0 Å². The van der Waals surface area contributed by atoms with Crippen LogP contribution in [0.1, 0.15) is 58.2 Å². The molecule has 0 saturated carbocycles. The molecule has 0 aliphatic carbocycles. The molecule has 0 bridgehead atoms. The standard InChI is InChI=1S/C27H26N2O5/c1-2-3-5-10-22-25(26(31)17-11-18(28)13-19(29)12-17)20-14-21(30)24(15-23(20)33-22)34-27(32)16-8-6-4-7-9-16/h4,6-9,11-15,30H,2-3,5,10,28-29H2,1H3. The van der Waals surface area contributed by atoms with Crippen LogP contribution in [0.15, 0.2) is 65.1 Å². The number of aromatic hydroxyl groups is 1. The summed E-state index contributed by atoms with van der Waals surface area (Å²) in [6.45, 7) is 2.09. The van der Waals surface area contributed by atoms with Crippen LogP contribution < -0.4 is 16.2 Å². The Bertz CT molecular complexity index is 1340. The van der Waals surface area contributed by atoms with E-state index in [0.717, 1.165) is 19.3 Å². The average molecular weight is 459 g/mol. The molecule has 0 radical (unpaired) electrons. The molecule has 7 nitrogen and oxygen atoms in total. The zero-order chi connectivity index (χ0) is 24.2. The van der Waals surface area contributed by atoms with Crippen molar-refractivity contribution in [3.63, 3.8) is 0 Å². The molecule has 0 aliphatic heterocycles. The van der Waals surface area contributed by atoms with E-state index in [1.54, 1.807) is 48.5 Å². The van der Waals surface area contributed by atoms with Crippen LogP contribution in [0.2, 0.25) is 0 Å². The second kappa shape index (κ2) is 9.70. The summed E-state index contributed by atoms with van der Waals surface area (Å²) in [6.07, 6.45) is 3.36. The SMILES string of the molecule is CCCCCc1oc2cc(OC(=O)c3ccccc3)c(O)cc2c1C(=O)c1cc(N)cc(N)c1. The van der Waals surface area contributed by atoms with E-state index >= 15 is 0 Å². The number of ketones is 1. The van der Waals surface area contributed by atoms with Crippen LogP contribution in [0.25, 0.3) is 11.0 Å². The number of aryl methyl sites for hydroxylation is 1. The van der Waals surface area contributed by atoms with Gasteiger partial charge in [0.15, 0.2) is 17.3 Å². The molecular formula is C27H26N2O5. The van der Waals surface area contributed by atoms with Crippen LogP contribution in [0.3, 0.4) is 0 Å². The molecule has 7 heteroatoms. The molecule has 0 atom stereocenters. The fraction of sp³-hybridized carbons (Fsp3) is 0.185. The molecule has 0 aliphatic rings. The number of furan rings is 1. The van der Waals surface area contributed by atoms with Gasteiger partial charge in [-0.15, -0.1) is 0 Å². The zero-order valence-electron chi connectivity index (χ0n) is 18.8. The van der Waals surface area contributed by atoms with Crippen molar-refractivity contribution in [1.29, 1.82) is 0 Å². The summed E-state index contributed by atoms with van der Waals surface area (Å²) in [5, 5.41) is 11.0. The number of benzene rings is 3. The highest BCUT2D eigenvalue weighted by Crippen LogP contribution is 2.38. The quantitative estimate of drug-likeness (QED) is 0.105. The summed E-state index contributed by atoms with van der Waals surface area (Å²) in [4.78, 5) is 26.0. The molecule has 174 valence electrons. The van der Waals surface area contributed by atoms with Crippen LogP contribution in [0.5, 0.6) is 11.5 Å². The third-order valence-corrected chi connectivity index (χ3v) is 5.53. The van der Waals surface area contributed by atoms with Crippen LogP contribution in [-0.4, -0.2) is 16.9 Å². The van der Waals surface area contributed by atoms with Crippen LogP contribution >= 0.6 is 0 Å². The van der Waals surface area contributed by atoms with Gasteiger partial charge in [0, 0.05) is 34.8 Å². The fourth-order valence-corrected chi connectivity index (χ4v) is 3.89. The molecule has 4 rings (SSSR count). The molecule has 1 aromatic heterocycles. The lowest BCUT2D eigenvalue weighted by Gasteiger charge is -2.07. The number of esters is 1. The Morgan fingerprint density at radius 3 is 2.32 bits per heavy atom. The lowest BCUT2D eigenvalue weighted by atomic mass is 9.97. The van der Waals surface area contributed by atoms with Gasteiger partial charge in [-0.25, -0.2) is 4.79 Å². The molecule has 0 unspecified atom stereocenters. The molecule has 0 fully saturated rings. The maximum atomic E-state index is 13.5. The van der Waals surface area contributed by atoms with E-state index in [1.165, 1.54) is 12.1 Å². The summed E-state index contributed by atoms with van der Waals surface area (Å²) in [5.41, 5.74) is 13.9. The molecule has 1 heterocycles. The Morgan fingerprint density at radius 1 is 0.941 bits per heavy atom. The number of hydrogen-bond donors (Lipinski definition) is 3. The minimum Gasteiger partial charge on any atom is -0.504 e. The van der Waals surface area contributed by atoms with Crippen LogP contribution in [-0.2, 0) is 6.42 Å². The van der Waals surface area contributed by atoms with E-state index < -0.39 is 5.97 Å². The molecular weight excluding hydrogens is 432 g/mol. The summed E-state index contributed by atoms with van der Waals surface area (Å²) in [6, 6.07) is 16.0. The summed E-state index contributed by atoms with van der Waals surface area (Å²) in [5.74, 6) is -0.754. The highest BCUT2D eigenvalue weighted by molar-refractivity contribution is 6.17. The normalized spacial score (nSPS) is 11.0. The molecule has 0 saturated heterocycles. The van der Waals surface area contributed by atoms with Crippen molar-refractivity contribution in [2.24, 2.45) is 0 Å². The number of phenols is 1. The van der Waals surface area contributed by atoms with Gasteiger partial charge in [-0.2, -0.15) is 0 Å². The second-order valence-electron chi connectivity index (χ2n) is 8.15. The number of rotatable bonds is 8. The van der Waals surface area contributed by atoms with Gasteiger partial charge in [0.1, 0.15) is 11.3 Å². The van der Waals surface area contributed by atoms with E-state index in [0.29, 0.717) is 51.2 Å². The monoisotopic (exact) mass is 458 g/mol. The lowest BCUT2D eigenvalue weighted by molar-refractivity contribution is 0.0729. The number of nitrogen functional groups attached to an aromatic ring is 2. The molecule has 3 aromatic carbocycles. The molecule has 34 heavy (non-hydrogen) atoms. The van der Waals surface area contributed by atoms with Crippen molar-refractivity contribution in [1.82, 2.24) is 0 Å². The van der Waals surface area contributed by atoms with Crippen molar-refractivity contribution in [2.45, 2.75) is 32.6 Å². The first-order valence-corrected chi connectivity index (χ1v) is 11.1. The Hall–Kier alpha value is -4.26. The highest BCUT2D eigenvalue weighted by Gasteiger charge is 2.25. The number of carbonyl (C=O) groups is 2. The average Bonchev–Trinajstić information content (AvgIpc) is 3.15. The van der Waals surface area contributed by atoms with E-state index in [1.807, 2.05) is 0 Å². The second-order valence-corrected chi connectivity index (χ2v) is 8.15. The van der Waals surface area contributed by atoms with Gasteiger partial charge in [0.05, 0.1) is 11.1 Å². The number of hydrogen-bond acceptors (Lipinski definition) is 7.